The van der Waals surface area contributed by atoms with Crippen molar-refractivity contribution in [2.45, 2.75) is 39.7 Å². The number of ether oxygens (including phenoxy) is 2. The molecule has 6 nitrogen and oxygen atoms in total. The minimum absolute atomic E-state index is 0.309. The topological polar surface area (TPSA) is 67.8 Å². The van der Waals surface area contributed by atoms with Gasteiger partial charge in [0, 0.05) is 24.4 Å². The van der Waals surface area contributed by atoms with Crippen LogP contribution in [-0.2, 0) is 13.0 Å². The predicted molar refractivity (Wildman–Crippen MR) is 105 cm³/mol. The van der Waals surface area contributed by atoms with Crippen molar-refractivity contribution < 1.29 is 9.47 Å². The van der Waals surface area contributed by atoms with E-state index in [1.165, 1.54) is 5.56 Å². The molecule has 0 radical (unpaired) electrons. The first-order valence-electron chi connectivity index (χ1n) is 9.00. The number of fused-ring (bicyclic) bond motifs is 1. The van der Waals surface area contributed by atoms with Gasteiger partial charge in [0.2, 0.25) is 6.79 Å². The van der Waals surface area contributed by atoms with Gasteiger partial charge in [0.15, 0.2) is 17.5 Å². The van der Waals surface area contributed by atoms with Gasteiger partial charge in [0.25, 0.3) is 0 Å². The smallest absolute Gasteiger partial charge is 0.231 e. The lowest BCUT2D eigenvalue weighted by Gasteiger charge is -2.11. The van der Waals surface area contributed by atoms with E-state index in [0.717, 1.165) is 47.7 Å². The van der Waals surface area contributed by atoms with E-state index in [1.807, 2.05) is 12.1 Å². The minimum atomic E-state index is 0.309. The normalized spacial score (nSPS) is 13.3. The van der Waals surface area contributed by atoms with Crippen molar-refractivity contribution in [1.29, 1.82) is 0 Å². The second kappa shape index (κ2) is 8.89. The van der Waals surface area contributed by atoms with Crippen LogP contribution in [0.1, 0.15) is 43.0 Å². The fourth-order valence-corrected chi connectivity index (χ4v) is 3.41. The van der Waals surface area contributed by atoms with Crippen LogP contribution in [-0.4, -0.2) is 30.8 Å². The summed E-state index contributed by atoms with van der Waals surface area (Å²) in [6.07, 6.45) is 0.884. The van der Waals surface area contributed by atoms with Crippen molar-refractivity contribution in [3.63, 3.8) is 0 Å². The predicted octanol–water partition coefficient (Wildman–Crippen LogP) is 3.29. The quantitative estimate of drug-likeness (QED) is 0.575. The summed E-state index contributed by atoms with van der Waals surface area (Å²) in [4.78, 5) is 9.27. The van der Waals surface area contributed by atoms with E-state index in [0.29, 0.717) is 19.3 Å². The maximum absolute atomic E-state index is 5.43. The van der Waals surface area contributed by atoms with Crippen LogP contribution < -0.4 is 20.1 Å². The number of aliphatic imine (C=N–C) groups is 1. The van der Waals surface area contributed by atoms with Gasteiger partial charge in [-0.3, -0.25) is 0 Å². The Balaban J connectivity index is 1.52. The van der Waals surface area contributed by atoms with Gasteiger partial charge in [0.05, 0.1) is 17.2 Å². The van der Waals surface area contributed by atoms with E-state index in [1.54, 1.807) is 11.3 Å². The molecule has 0 spiro atoms. The molecule has 140 valence electrons. The zero-order valence-electron chi connectivity index (χ0n) is 15.5. The number of hydrogen-bond donors (Lipinski definition) is 2. The third-order valence-corrected chi connectivity index (χ3v) is 5.14. The van der Waals surface area contributed by atoms with Crippen molar-refractivity contribution >= 4 is 17.3 Å². The molecule has 1 aromatic heterocycles. The lowest BCUT2D eigenvalue weighted by atomic mass is 10.1. The van der Waals surface area contributed by atoms with Gasteiger partial charge in [-0.1, -0.05) is 19.9 Å². The van der Waals surface area contributed by atoms with Crippen LogP contribution in [0.2, 0.25) is 0 Å². The molecule has 0 aliphatic carbocycles. The van der Waals surface area contributed by atoms with E-state index >= 15 is 0 Å². The Morgan fingerprint density at radius 3 is 2.88 bits per heavy atom. The summed E-state index contributed by atoms with van der Waals surface area (Å²) in [5.41, 5.74) is 2.23. The number of hydrogen-bond acceptors (Lipinski definition) is 5. The largest absolute Gasteiger partial charge is 0.454 e. The Bertz CT molecular complexity index is 758. The summed E-state index contributed by atoms with van der Waals surface area (Å²) < 4.78 is 10.8. The second-order valence-corrected chi connectivity index (χ2v) is 7.28. The van der Waals surface area contributed by atoms with Gasteiger partial charge < -0.3 is 20.1 Å². The van der Waals surface area contributed by atoms with Gasteiger partial charge in [-0.15, -0.1) is 11.3 Å². The average Bonchev–Trinajstić information content (AvgIpc) is 3.28. The maximum Gasteiger partial charge on any atom is 0.231 e. The van der Waals surface area contributed by atoms with Gasteiger partial charge in [-0.25, -0.2) is 9.98 Å². The highest BCUT2D eigenvalue weighted by atomic mass is 32.1. The Kier molecular flexibility index (Phi) is 6.33. The summed E-state index contributed by atoms with van der Waals surface area (Å²) in [5, 5.41) is 9.91. The molecule has 0 unspecified atom stereocenters. The van der Waals surface area contributed by atoms with E-state index in [4.69, 9.17) is 9.47 Å². The SMILES string of the molecule is CCNC(=NCc1csc(C(C)C)n1)NCCc1ccc2c(c1)OCO2. The lowest BCUT2D eigenvalue weighted by Crippen LogP contribution is -2.38. The highest BCUT2D eigenvalue weighted by Crippen LogP contribution is 2.32. The monoisotopic (exact) mass is 374 g/mol. The van der Waals surface area contributed by atoms with E-state index < -0.39 is 0 Å². The molecule has 0 atom stereocenters. The summed E-state index contributed by atoms with van der Waals surface area (Å²) in [6, 6.07) is 6.07. The van der Waals surface area contributed by atoms with E-state index in [-0.39, 0.29) is 0 Å². The molecule has 2 N–H and O–H groups in total. The zero-order valence-corrected chi connectivity index (χ0v) is 16.4. The molecule has 7 heteroatoms. The number of aromatic nitrogens is 1. The number of benzene rings is 1. The molecule has 0 saturated carbocycles. The third-order valence-electron chi connectivity index (χ3n) is 3.95. The number of thiazole rings is 1. The van der Waals surface area contributed by atoms with Crippen LogP contribution in [0.25, 0.3) is 0 Å². The average molecular weight is 375 g/mol. The highest BCUT2D eigenvalue weighted by molar-refractivity contribution is 7.09. The van der Waals surface area contributed by atoms with Crippen molar-refractivity contribution in [3.8, 4) is 11.5 Å². The molecule has 1 aromatic carbocycles. The van der Waals surface area contributed by atoms with Crippen LogP contribution in [0.15, 0.2) is 28.6 Å². The molecule has 0 saturated heterocycles. The molecule has 2 aromatic rings. The first-order chi connectivity index (χ1) is 12.7. The van der Waals surface area contributed by atoms with E-state index in [9.17, 15) is 0 Å². The fourth-order valence-electron chi connectivity index (χ4n) is 2.58. The molecule has 0 bridgehead atoms. The van der Waals surface area contributed by atoms with E-state index in [2.05, 4.69) is 52.8 Å². The van der Waals surface area contributed by atoms with Crippen LogP contribution in [0, 0.1) is 0 Å². The van der Waals surface area contributed by atoms with Gasteiger partial charge in [-0.2, -0.15) is 0 Å². The molecule has 0 fully saturated rings. The molecular weight excluding hydrogens is 348 g/mol. The Hall–Kier alpha value is -2.28. The molecule has 2 heterocycles. The third kappa shape index (κ3) is 4.88. The second-order valence-electron chi connectivity index (χ2n) is 6.39. The number of guanidine groups is 1. The number of nitrogens with one attached hydrogen (secondary N) is 2. The Morgan fingerprint density at radius 1 is 1.27 bits per heavy atom. The van der Waals surface area contributed by atoms with Crippen LogP contribution >= 0.6 is 11.3 Å². The van der Waals surface area contributed by atoms with Crippen LogP contribution in [0.5, 0.6) is 11.5 Å². The zero-order chi connectivity index (χ0) is 18.4. The van der Waals surface area contributed by atoms with Crippen LogP contribution in [0.3, 0.4) is 0 Å². The first-order valence-corrected chi connectivity index (χ1v) is 9.88. The molecule has 1 aliphatic rings. The Morgan fingerprint density at radius 2 is 2.12 bits per heavy atom. The first kappa shape index (κ1) is 18.5. The van der Waals surface area contributed by atoms with Gasteiger partial charge >= 0.3 is 0 Å². The standard InChI is InChI=1S/C19H26N4O2S/c1-4-20-19(22-10-15-11-26-18(23-15)13(2)3)21-8-7-14-5-6-16-17(9-14)25-12-24-16/h5-6,9,11,13H,4,7-8,10,12H2,1-3H3,(H2,20,21,22). The summed E-state index contributed by atoms with van der Waals surface area (Å²) in [5.74, 6) is 2.92. The highest BCUT2D eigenvalue weighted by Gasteiger charge is 2.13. The minimum Gasteiger partial charge on any atom is -0.454 e. The fraction of sp³-hybridized carbons (Fsp3) is 0.474. The van der Waals surface area contributed by atoms with Crippen molar-refractivity contribution in [2.24, 2.45) is 4.99 Å². The van der Waals surface area contributed by atoms with Gasteiger partial charge in [-0.05, 0) is 31.0 Å². The van der Waals surface area contributed by atoms with Crippen molar-refractivity contribution in [3.05, 3.63) is 39.8 Å². The van der Waals surface area contributed by atoms with Crippen molar-refractivity contribution in [2.75, 3.05) is 19.9 Å². The van der Waals surface area contributed by atoms with Crippen molar-refractivity contribution in [1.82, 2.24) is 15.6 Å². The summed E-state index contributed by atoms with van der Waals surface area (Å²) in [7, 11) is 0. The molecule has 0 amide bonds. The van der Waals surface area contributed by atoms with Gasteiger partial charge in [0.1, 0.15) is 0 Å². The Labute approximate surface area is 158 Å². The molecular formula is C19H26N4O2S. The maximum atomic E-state index is 5.43. The summed E-state index contributed by atoms with van der Waals surface area (Å²) >= 11 is 1.70. The molecule has 1 aliphatic heterocycles. The number of rotatable bonds is 7. The lowest BCUT2D eigenvalue weighted by molar-refractivity contribution is 0.174. The van der Waals surface area contributed by atoms with Crippen LogP contribution in [0.4, 0.5) is 0 Å². The molecule has 3 rings (SSSR count). The molecule has 26 heavy (non-hydrogen) atoms. The number of nitrogens with zero attached hydrogens (tertiary/aromatic N) is 2. The summed E-state index contributed by atoms with van der Waals surface area (Å²) in [6.45, 7) is 8.89.